The fourth-order valence-corrected chi connectivity index (χ4v) is 3.18. The quantitative estimate of drug-likeness (QED) is 0.839. The van der Waals surface area contributed by atoms with E-state index in [1.54, 1.807) is 0 Å². The summed E-state index contributed by atoms with van der Waals surface area (Å²) in [4.78, 5) is 0. The van der Waals surface area contributed by atoms with E-state index < -0.39 is 0 Å². The Kier molecular flexibility index (Phi) is 3.93. The summed E-state index contributed by atoms with van der Waals surface area (Å²) < 4.78 is 5.50. The van der Waals surface area contributed by atoms with Crippen molar-refractivity contribution in [2.24, 2.45) is 5.92 Å². The molecule has 0 saturated heterocycles. The van der Waals surface area contributed by atoms with E-state index in [0.29, 0.717) is 17.9 Å². The lowest BCUT2D eigenvalue weighted by Gasteiger charge is -2.18. The zero-order chi connectivity index (χ0) is 13.9. The van der Waals surface area contributed by atoms with Gasteiger partial charge in [-0.3, -0.25) is 0 Å². The van der Waals surface area contributed by atoms with Crippen LogP contribution in [0.15, 0.2) is 47.1 Å². The summed E-state index contributed by atoms with van der Waals surface area (Å²) in [5, 5.41) is 3.71. The Hall–Kier alpha value is -1.54. The van der Waals surface area contributed by atoms with Gasteiger partial charge in [0, 0.05) is 11.6 Å². The van der Waals surface area contributed by atoms with Crippen LogP contribution in [0.1, 0.15) is 48.6 Å². The second-order valence-corrected chi connectivity index (χ2v) is 5.78. The summed E-state index contributed by atoms with van der Waals surface area (Å²) in [7, 11) is 0. The van der Waals surface area contributed by atoms with E-state index in [1.807, 2.05) is 6.26 Å². The van der Waals surface area contributed by atoms with Crippen molar-refractivity contribution in [3.8, 4) is 0 Å². The molecule has 20 heavy (non-hydrogen) atoms. The highest BCUT2D eigenvalue weighted by Crippen LogP contribution is 2.54. The van der Waals surface area contributed by atoms with Crippen molar-refractivity contribution in [3.05, 3.63) is 59.5 Å². The van der Waals surface area contributed by atoms with Crippen LogP contribution in [0.4, 0.5) is 0 Å². The van der Waals surface area contributed by atoms with E-state index in [9.17, 15) is 0 Å². The number of hydrogen-bond donors (Lipinski definition) is 1. The standard InChI is InChI=1S/C18H23NO/c1-3-10-19-18(15-9-11-20-13(15)2)17-12-16(17)14-7-5-4-6-8-14/h4-9,11,16-19H,3,10,12H2,1-2H3. The second-order valence-electron chi connectivity index (χ2n) is 5.78. The lowest BCUT2D eigenvalue weighted by atomic mass is 9.99. The maximum Gasteiger partial charge on any atom is 0.105 e. The van der Waals surface area contributed by atoms with Crippen molar-refractivity contribution in [1.29, 1.82) is 0 Å². The molecule has 0 bridgehead atoms. The van der Waals surface area contributed by atoms with Crippen molar-refractivity contribution >= 4 is 0 Å². The molecule has 0 aliphatic heterocycles. The average molecular weight is 269 g/mol. The largest absolute Gasteiger partial charge is 0.469 e. The first-order valence-electron chi connectivity index (χ1n) is 7.63. The first-order chi connectivity index (χ1) is 9.81. The predicted molar refractivity (Wildman–Crippen MR) is 81.8 cm³/mol. The van der Waals surface area contributed by atoms with E-state index in [-0.39, 0.29) is 0 Å². The van der Waals surface area contributed by atoms with Crippen LogP contribution >= 0.6 is 0 Å². The molecular formula is C18H23NO. The number of rotatable bonds is 6. The van der Waals surface area contributed by atoms with E-state index in [4.69, 9.17) is 4.42 Å². The molecule has 1 fully saturated rings. The van der Waals surface area contributed by atoms with Gasteiger partial charge in [-0.15, -0.1) is 0 Å². The molecule has 3 unspecified atom stereocenters. The van der Waals surface area contributed by atoms with Gasteiger partial charge in [0.15, 0.2) is 0 Å². The van der Waals surface area contributed by atoms with E-state index in [1.165, 1.54) is 17.5 Å². The first kappa shape index (κ1) is 13.4. The zero-order valence-electron chi connectivity index (χ0n) is 12.3. The maximum atomic E-state index is 5.50. The van der Waals surface area contributed by atoms with Gasteiger partial charge in [-0.1, -0.05) is 37.3 Å². The third-order valence-electron chi connectivity index (χ3n) is 4.34. The second kappa shape index (κ2) is 5.84. The number of aryl methyl sites for hydroxylation is 1. The van der Waals surface area contributed by atoms with Crippen LogP contribution in [0.3, 0.4) is 0 Å². The number of benzene rings is 1. The molecule has 2 heteroatoms. The SMILES string of the molecule is CCCNC(c1ccoc1C)C1CC1c1ccccc1. The molecule has 0 radical (unpaired) electrons. The molecular weight excluding hydrogens is 246 g/mol. The molecule has 1 heterocycles. The molecule has 1 aliphatic rings. The van der Waals surface area contributed by atoms with Gasteiger partial charge >= 0.3 is 0 Å². The van der Waals surface area contributed by atoms with Crippen LogP contribution < -0.4 is 5.32 Å². The van der Waals surface area contributed by atoms with E-state index in [0.717, 1.165) is 18.7 Å². The van der Waals surface area contributed by atoms with Gasteiger partial charge in [0.1, 0.15) is 5.76 Å². The van der Waals surface area contributed by atoms with Crippen molar-refractivity contribution in [3.63, 3.8) is 0 Å². The van der Waals surface area contributed by atoms with Crippen LogP contribution in [0, 0.1) is 12.8 Å². The number of nitrogens with one attached hydrogen (secondary N) is 1. The highest BCUT2D eigenvalue weighted by atomic mass is 16.3. The average Bonchev–Trinajstić information content (AvgIpc) is 3.16. The van der Waals surface area contributed by atoms with Gasteiger partial charge < -0.3 is 9.73 Å². The summed E-state index contributed by atoms with van der Waals surface area (Å²) in [5.41, 5.74) is 2.81. The lowest BCUT2D eigenvalue weighted by molar-refractivity contribution is 0.456. The van der Waals surface area contributed by atoms with Crippen LogP contribution in [-0.2, 0) is 0 Å². The molecule has 3 rings (SSSR count). The Bertz CT molecular complexity index is 546. The molecule has 1 saturated carbocycles. The van der Waals surface area contributed by atoms with Gasteiger partial charge in [0.05, 0.1) is 6.26 Å². The molecule has 3 atom stereocenters. The Morgan fingerprint density at radius 3 is 2.70 bits per heavy atom. The van der Waals surface area contributed by atoms with E-state index in [2.05, 4.69) is 55.6 Å². The number of hydrogen-bond acceptors (Lipinski definition) is 2. The molecule has 1 aliphatic carbocycles. The molecule has 1 aromatic heterocycles. The molecule has 2 nitrogen and oxygen atoms in total. The third-order valence-corrected chi connectivity index (χ3v) is 4.34. The first-order valence-corrected chi connectivity index (χ1v) is 7.63. The summed E-state index contributed by atoms with van der Waals surface area (Å²) in [6, 6.07) is 13.4. The van der Waals surface area contributed by atoms with Crippen LogP contribution in [0.2, 0.25) is 0 Å². The summed E-state index contributed by atoms with van der Waals surface area (Å²) in [5.74, 6) is 2.44. The van der Waals surface area contributed by atoms with Crippen LogP contribution in [0.5, 0.6) is 0 Å². The highest BCUT2D eigenvalue weighted by molar-refractivity contribution is 5.31. The van der Waals surface area contributed by atoms with Crippen molar-refractivity contribution < 1.29 is 4.42 Å². The summed E-state index contributed by atoms with van der Waals surface area (Å²) in [6.07, 6.45) is 4.25. The molecule has 106 valence electrons. The minimum atomic E-state index is 0.430. The maximum absolute atomic E-state index is 5.50. The number of furan rings is 1. The fraction of sp³-hybridized carbons (Fsp3) is 0.444. The topological polar surface area (TPSA) is 25.2 Å². The van der Waals surface area contributed by atoms with Gasteiger partial charge in [-0.2, -0.15) is 0 Å². The van der Waals surface area contributed by atoms with Gasteiger partial charge in [-0.05, 0) is 49.8 Å². The smallest absolute Gasteiger partial charge is 0.105 e. The molecule has 0 spiro atoms. The summed E-state index contributed by atoms with van der Waals surface area (Å²) >= 11 is 0. The summed E-state index contributed by atoms with van der Waals surface area (Å²) in [6.45, 7) is 5.34. The minimum Gasteiger partial charge on any atom is -0.469 e. The molecule has 1 N–H and O–H groups in total. The third kappa shape index (κ3) is 2.66. The minimum absolute atomic E-state index is 0.430. The Morgan fingerprint density at radius 2 is 2.05 bits per heavy atom. The zero-order valence-corrected chi connectivity index (χ0v) is 12.3. The van der Waals surface area contributed by atoms with Crippen molar-refractivity contribution in [2.75, 3.05) is 6.54 Å². The van der Waals surface area contributed by atoms with Crippen LogP contribution in [0.25, 0.3) is 0 Å². The molecule has 1 aromatic carbocycles. The van der Waals surface area contributed by atoms with E-state index >= 15 is 0 Å². The van der Waals surface area contributed by atoms with Gasteiger partial charge in [-0.25, -0.2) is 0 Å². The van der Waals surface area contributed by atoms with Crippen molar-refractivity contribution in [1.82, 2.24) is 5.32 Å². The van der Waals surface area contributed by atoms with Crippen LogP contribution in [-0.4, -0.2) is 6.54 Å². The lowest BCUT2D eigenvalue weighted by Crippen LogP contribution is -2.24. The fourth-order valence-electron chi connectivity index (χ4n) is 3.18. The Labute approximate surface area is 121 Å². The predicted octanol–water partition coefficient (Wildman–Crippen LogP) is 4.43. The van der Waals surface area contributed by atoms with Gasteiger partial charge in [0.25, 0.3) is 0 Å². The molecule has 0 amide bonds. The normalized spacial score (nSPS) is 22.7. The van der Waals surface area contributed by atoms with Crippen molar-refractivity contribution in [2.45, 2.75) is 38.6 Å². The Morgan fingerprint density at radius 1 is 1.25 bits per heavy atom. The highest BCUT2D eigenvalue weighted by Gasteiger charge is 2.44. The monoisotopic (exact) mass is 269 g/mol. The van der Waals surface area contributed by atoms with Gasteiger partial charge in [0.2, 0.25) is 0 Å². The Balaban J connectivity index is 1.77. The molecule has 2 aromatic rings.